The van der Waals surface area contributed by atoms with E-state index in [0.29, 0.717) is 13.2 Å². The summed E-state index contributed by atoms with van der Waals surface area (Å²) in [7, 11) is 0. The molecule has 0 amide bonds. The molecule has 31 heavy (non-hydrogen) atoms. The Hall–Kier alpha value is -2.96. The van der Waals surface area contributed by atoms with Gasteiger partial charge < -0.3 is 9.64 Å². The van der Waals surface area contributed by atoms with Crippen molar-refractivity contribution in [2.75, 3.05) is 24.7 Å². The molecule has 0 spiro atoms. The number of aryl methyl sites for hydroxylation is 2. The van der Waals surface area contributed by atoms with Gasteiger partial charge in [0.15, 0.2) is 0 Å². The van der Waals surface area contributed by atoms with Crippen molar-refractivity contribution in [3.63, 3.8) is 0 Å². The maximum atomic E-state index is 6.33. The predicted octanol–water partition coefficient (Wildman–Crippen LogP) is 5.18. The number of benzene rings is 1. The molecule has 0 saturated carbocycles. The quantitative estimate of drug-likeness (QED) is 0.482. The predicted molar refractivity (Wildman–Crippen MR) is 125 cm³/mol. The minimum atomic E-state index is 0.242. The monoisotopic (exact) mass is 433 g/mol. The van der Waals surface area contributed by atoms with Crippen LogP contribution in [-0.2, 0) is 4.74 Å². The Bertz CT molecular complexity index is 1250. The standard InChI is InChI=1S/C24H24ClN5O/c1-14-10-17(4-5-19(14)25)18-11-21(30-8-9-31-13-16(30)3)28-24-22(18)15(2)12-26-23(24)20-6-7-27-29-20/h4-7,10-12,16H,8-9,13H2,1-3H3,(H,27,29). The normalized spacial score (nSPS) is 16.8. The number of pyridine rings is 2. The van der Waals surface area contributed by atoms with E-state index in [9.17, 15) is 0 Å². The van der Waals surface area contributed by atoms with Gasteiger partial charge in [0.1, 0.15) is 17.0 Å². The second-order valence-electron chi connectivity index (χ2n) is 8.09. The van der Waals surface area contributed by atoms with E-state index in [4.69, 9.17) is 26.3 Å². The highest BCUT2D eigenvalue weighted by molar-refractivity contribution is 6.31. The van der Waals surface area contributed by atoms with E-state index in [-0.39, 0.29) is 6.04 Å². The summed E-state index contributed by atoms with van der Waals surface area (Å²) < 4.78 is 5.66. The molecule has 1 aliphatic rings. The first kappa shape index (κ1) is 20.0. The van der Waals surface area contributed by atoms with Crippen LogP contribution in [0.5, 0.6) is 0 Å². The average Bonchev–Trinajstić information content (AvgIpc) is 3.30. The highest BCUT2D eigenvalue weighted by Crippen LogP contribution is 2.38. The molecule has 1 aromatic carbocycles. The van der Waals surface area contributed by atoms with Crippen molar-refractivity contribution >= 4 is 28.3 Å². The molecule has 1 fully saturated rings. The van der Waals surface area contributed by atoms with E-state index in [0.717, 1.165) is 61.9 Å². The molecular weight excluding hydrogens is 410 g/mol. The molecule has 1 atom stereocenters. The molecule has 0 radical (unpaired) electrons. The van der Waals surface area contributed by atoms with Crippen molar-refractivity contribution in [1.82, 2.24) is 20.2 Å². The molecule has 1 unspecified atom stereocenters. The fourth-order valence-corrected chi connectivity index (χ4v) is 4.35. The zero-order chi connectivity index (χ0) is 21.5. The smallest absolute Gasteiger partial charge is 0.130 e. The topological polar surface area (TPSA) is 66.9 Å². The molecule has 7 heteroatoms. The summed E-state index contributed by atoms with van der Waals surface area (Å²) >= 11 is 6.33. The number of nitrogens with one attached hydrogen (secondary N) is 1. The summed E-state index contributed by atoms with van der Waals surface area (Å²) in [6, 6.07) is 10.5. The van der Waals surface area contributed by atoms with Crippen LogP contribution in [0.2, 0.25) is 5.02 Å². The lowest BCUT2D eigenvalue weighted by Crippen LogP contribution is -2.44. The number of aromatic amines is 1. The SMILES string of the molecule is Cc1cc(-c2cc(N3CCOCC3C)nc3c(-c4ccn[nH]4)ncc(C)c23)ccc1Cl. The van der Waals surface area contributed by atoms with Crippen molar-refractivity contribution in [2.45, 2.75) is 26.8 Å². The number of fused-ring (bicyclic) bond motifs is 1. The Morgan fingerprint density at radius 1 is 1.16 bits per heavy atom. The Labute approximate surface area is 186 Å². The first-order valence-corrected chi connectivity index (χ1v) is 10.8. The molecule has 1 aliphatic heterocycles. The van der Waals surface area contributed by atoms with E-state index in [1.807, 2.05) is 25.3 Å². The highest BCUT2D eigenvalue weighted by Gasteiger charge is 2.24. The maximum Gasteiger partial charge on any atom is 0.130 e. The number of rotatable bonds is 3. The van der Waals surface area contributed by atoms with Crippen LogP contribution in [0.1, 0.15) is 18.1 Å². The fourth-order valence-electron chi connectivity index (χ4n) is 4.23. The highest BCUT2D eigenvalue weighted by atomic mass is 35.5. The molecule has 3 aromatic heterocycles. The summed E-state index contributed by atoms with van der Waals surface area (Å²) in [5.41, 5.74) is 6.88. The molecule has 6 nitrogen and oxygen atoms in total. The van der Waals surface area contributed by atoms with E-state index in [2.05, 4.69) is 47.1 Å². The number of hydrogen-bond donors (Lipinski definition) is 1. The van der Waals surface area contributed by atoms with Crippen LogP contribution in [-0.4, -0.2) is 46.0 Å². The van der Waals surface area contributed by atoms with Crippen LogP contribution in [0.4, 0.5) is 5.82 Å². The van der Waals surface area contributed by atoms with Crippen LogP contribution >= 0.6 is 11.6 Å². The average molecular weight is 434 g/mol. The van der Waals surface area contributed by atoms with Gasteiger partial charge in [0.25, 0.3) is 0 Å². The van der Waals surface area contributed by atoms with Crippen molar-refractivity contribution in [3.8, 4) is 22.5 Å². The minimum absolute atomic E-state index is 0.242. The molecular formula is C24H24ClN5O. The zero-order valence-corrected chi connectivity index (χ0v) is 18.6. The summed E-state index contributed by atoms with van der Waals surface area (Å²) in [4.78, 5) is 12.2. The second kappa shape index (κ2) is 7.94. The summed E-state index contributed by atoms with van der Waals surface area (Å²) in [5, 5.41) is 9.02. The van der Waals surface area contributed by atoms with Gasteiger partial charge >= 0.3 is 0 Å². The van der Waals surface area contributed by atoms with Gasteiger partial charge in [-0.3, -0.25) is 10.1 Å². The van der Waals surface area contributed by atoms with E-state index < -0.39 is 0 Å². The van der Waals surface area contributed by atoms with Gasteiger partial charge in [0.2, 0.25) is 0 Å². The van der Waals surface area contributed by atoms with Crippen LogP contribution in [0.15, 0.2) is 42.7 Å². The van der Waals surface area contributed by atoms with Crippen molar-refractivity contribution in [3.05, 3.63) is 58.9 Å². The van der Waals surface area contributed by atoms with Gasteiger partial charge in [0, 0.05) is 29.3 Å². The lowest BCUT2D eigenvalue weighted by molar-refractivity contribution is 0.0986. The Balaban J connectivity index is 1.83. The van der Waals surface area contributed by atoms with Gasteiger partial charge in [-0.15, -0.1) is 0 Å². The number of nitrogens with zero attached hydrogens (tertiary/aromatic N) is 4. The third-order valence-electron chi connectivity index (χ3n) is 5.90. The Kier molecular flexibility index (Phi) is 5.12. The molecule has 1 N–H and O–H groups in total. The second-order valence-corrected chi connectivity index (χ2v) is 8.50. The molecule has 0 bridgehead atoms. The summed E-state index contributed by atoms with van der Waals surface area (Å²) in [5.74, 6) is 0.930. The summed E-state index contributed by atoms with van der Waals surface area (Å²) in [6.45, 7) is 8.47. The first-order chi connectivity index (χ1) is 15.0. The largest absolute Gasteiger partial charge is 0.377 e. The van der Waals surface area contributed by atoms with Crippen LogP contribution in [0.3, 0.4) is 0 Å². The van der Waals surface area contributed by atoms with Crippen LogP contribution in [0, 0.1) is 13.8 Å². The van der Waals surface area contributed by atoms with Crippen molar-refractivity contribution in [1.29, 1.82) is 0 Å². The number of morpholine rings is 1. The third kappa shape index (κ3) is 3.56. The van der Waals surface area contributed by atoms with Gasteiger partial charge in [0.05, 0.1) is 24.9 Å². The molecule has 0 aliphatic carbocycles. The van der Waals surface area contributed by atoms with E-state index in [1.54, 1.807) is 6.20 Å². The van der Waals surface area contributed by atoms with Gasteiger partial charge in [-0.2, -0.15) is 5.10 Å². The summed E-state index contributed by atoms with van der Waals surface area (Å²) in [6.07, 6.45) is 3.64. The Morgan fingerprint density at radius 2 is 2.03 bits per heavy atom. The zero-order valence-electron chi connectivity index (χ0n) is 17.8. The molecule has 4 aromatic rings. The number of halogens is 1. The van der Waals surface area contributed by atoms with E-state index in [1.165, 1.54) is 0 Å². The first-order valence-electron chi connectivity index (χ1n) is 10.4. The lowest BCUT2D eigenvalue weighted by Gasteiger charge is -2.34. The van der Waals surface area contributed by atoms with Gasteiger partial charge in [-0.1, -0.05) is 17.7 Å². The fraction of sp³-hybridized carbons (Fsp3) is 0.292. The third-order valence-corrected chi connectivity index (χ3v) is 6.32. The Morgan fingerprint density at radius 3 is 2.77 bits per heavy atom. The lowest BCUT2D eigenvalue weighted by atomic mass is 9.96. The van der Waals surface area contributed by atoms with Gasteiger partial charge in [-0.25, -0.2) is 4.98 Å². The number of anilines is 1. The number of hydrogen-bond acceptors (Lipinski definition) is 5. The maximum absolute atomic E-state index is 6.33. The van der Waals surface area contributed by atoms with Crippen molar-refractivity contribution < 1.29 is 4.74 Å². The number of H-pyrrole nitrogens is 1. The molecule has 4 heterocycles. The van der Waals surface area contributed by atoms with E-state index >= 15 is 0 Å². The molecule has 158 valence electrons. The molecule has 1 saturated heterocycles. The molecule has 5 rings (SSSR count). The van der Waals surface area contributed by atoms with Crippen LogP contribution < -0.4 is 4.90 Å². The van der Waals surface area contributed by atoms with Crippen LogP contribution in [0.25, 0.3) is 33.4 Å². The van der Waals surface area contributed by atoms with Gasteiger partial charge in [-0.05, 0) is 67.3 Å². The van der Waals surface area contributed by atoms with Crippen molar-refractivity contribution in [2.24, 2.45) is 0 Å². The minimum Gasteiger partial charge on any atom is -0.377 e. The number of ether oxygens (including phenoxy) is 1. The number of aromatic nitrogens is 4.